The SMILES string of the molecule is CCOc1ccc(OCC(=O)N(C)C[C@@H]2COc3ccccc3O2)cc1. The molecule has 1 aliphatic rings. The van der Waals surface area contributed by atoms with E-state index in [2.05, 4.69) is 0 Å². The average Bonchev–Trinajstić information content (AvgIpc) is 2.67. The summed E-state index contributed by atoms with van der Waals surface area (Å²) in [6.07, 6.45) is -0.204. The van der Waals surface area contributed by atoms with Gasteiger partial charge < -0.3 is 23.8 Å². The minimum absolute atomic E-state index is 0.0331. The van der Waals surface area contributed by atoms with Crippen LogP contribution in [0.15, 0.2) is 48.5 Å². The molecule has 6 nitrogen and oxygen atoms in total. The Kier molecular flexibility index (Phi) is 5.84. The molecule has 2 aromatic rings. The molecule has 3 rings (SSSR count). The first kappa shape index (κ1) is 17.9. The van der Waals surface area contributed by atoms with Crippen LogP contribution in [-0.2, 0) is 4.79 Å². The Hall–Kier alpha value is -2.89. The number of para-hydroxylation sites is 2. The second-order valence-electron chi connectivity index (χ2n) is 5.96. The van der Waals surface area contributed by atoms with Crippen molar-refractivity contribution in [2.45, 2.75) is 13.0 Å². The standard InChI is InChI=1S/C20H23NO5/c1-3-23-15-8-10-16(11-9-15)24-14-20(22)21(2)12-17-13-25-18-6-4-5-7-19(18)26-17/h4-11,17H,3,12-14H2,1-2H3/t17-/m1/s1. The van der Waals surface area contributed by atoms with E-state index in [1.807, 2.05) is 43.3 Å². The Morgan fingerprint density at radius 1 is 1.08 bits per heavy atom. The summed E-state index contributed by atoms with van der Waals surface area (Å²) < 4.78 is 22.5. The minimum atomic E-state index is -0.204. The molecule has 0 saturated heterocycles. The molecule has 1 amide bonds. The molecule has 138 valence electrons. The molecule has 1 atom stereocenters. The van der Waals surface area contributed by atoms with Gasteiger partial charge in [-0.25, -0.2) is 0 Å². The molecule has 2 aromatic carbocycles. The first-order chi connectivity index (χ1) is 12.7. The normalized spacial score (nSPS) is 15.2. The van der Waals surface area contributed by atoms with Gasteiger partial charge in [-0.15, -0.1) is 0 Å². The molecule has 1 aliphatic heterocycles. The van der Waals surface area contributed by atoms with Crippen LogP contribution in [0.5, 0.6) is 23.0 Å². The lowest BCUT2D eigenvalue weighted by molar-refractivity contribution is -0.133. The van der Waals surface area contributed by atoms with Crippen LogP contribution < -0.4 is 18.9 Å². The lowest BCUT2D eigenvalue weighted by atomic mass is 10.2. The molecule has 0 saturated carbocycles. The van der Waals surface area contributed by atoms with Crippen LogP contribution >= 0.6 is 0 Å². The van der Waals surface area contributed by atoms with E-state index in [9.17, 15) is 4.79 Å². The maximum absolute atomic E-state index is 12.3. The van der Waals surface area contributed by atoms with E-state index in [0.717, 1.165) is 11.5 Å². The summed E-state index contributed by atoms with van der Waals surface area (Å²) in [5, 5.41) is 0. The molecular formula is C20H23NO5. The molecular weight excluding hydrogens is 334 g/mol. The average molecular weight is 357 g/mol. The number of hydrogen-bond acceptors (Lipinski definition) is 5. The molecule has 0 radical (unpaired) electrons. The van der Waals surface area contributed by atoms with Crippen LogP contribution in [0.2, 0.25) is 0 Å². The van der Waals surface area contributed by atoms with Gasteiger partial charge in [-0.2, -0.15) is 0 Å². The molecule has 0 N–H and O–H groups in total. The van der Waals surface area contributed by atoms with Gasteiger partial charge in [-0.1, -0.05) is 12.1 Å². The first-order valence-corrected chi connectivity index (χ1v) is 8.64. The highest BCUT2D eigenvalue weighted by atomic mass is 16.6. The molecule has 0 bridgehead atoms. The van der Waals surface area contributed by atoms with Gasteiger partial charge in [0.05, 0.1) is 13.2 Å². The van der Waals surface area contributed by atoms with E-state index in [1.165, 1.54) is 0 Å². The monoisotopic (exact) mass is 357 g/mol. The first-order valence-electron chi connectivity index (χ1n) is 8.64. The van der Waals surface area contributed by atoms with Gasteiger partial charge in [0.15, 0.2) is 24.2 Å². The summed E-state index contributed by atoms with van der Waals surface area (Å²) in [7, 11) is 1.73. The Bertz CT molecular complexity index is 731. The zero-order valence-electron chi connectivity index (χ0n) is 15.0. The van der Waals surface area contributed by atoms with Crippen molar-refractivity contribution in [1.82, 2.24) is 4.90 Å². The van der Waals surface area contributed by atoms with Crippen molar-refractivity contribution in [1.29, 1.82) is 0 Å². The second kappa shape index (κ2) is 8.47. The van der Waals surface area contributed by atoms with Gasteiger partial charge in [0.25, 0.3) is 5.91 Å². The fourth-order valence-electron chi connectivity index (χ4n) is 2.61. The number of hydrogen-bond donors (Lipinski definition) is 0. The Morgan fingerprint density at radius 2 is 1.73 bits per heavy atom. The summed E-state index contributed by atoms with van der Waals surface area (Å²) in [5.41, 5.74) is 0. The van der Waals surface area contributed by atoms with Crippen LogP contribution in [0.1, 0.15) is 6.92 Å². The third kappa shape index (κ3) is 4.59. The predicted molar refractivity (Wildman–Crippen MR) is 97.1 cm³/mol. The molecule has 26 heavy (non-hydrogen) atoms. The summed E-state index contributed by atoms with van der Waals surface area (Å²) >= 11 is 0. The van der Waals surface area contributed by atoms with Gasteiger partial charge in [-0.3, -0.25) is 4.79 Å². The highest BCUT2D eigenvalue weighted by Crippen LogP contribution is 2.30. The highest BCUT2D eigenvalue weighted by Gasteiger charge is 2.23. The van der Waals surface area contributed by atoms with Gasteiger partial charge in [0, 0.05) is 7.05 Å². The summed E-state index contributed by atoms with van der Waals surface area (Å²) in [6.45, 7) is 3.35. The van der Waals surface area contributed by atoms with E-state index in [4.69, 9.17) is 18.9 Å². The summed E-state index contributed by atoms with van der Waals surface area (Å²) in [5.74, 6) is 2.72. The number of fused-ring (bicyclic) bond motifs is 1. The lowest BCUT2D eigenvalue weighted by Crippen LogP contribution is -2.43. The van der Waals surface area contributed by atoms with Crippen molar-refractivity contribution in [3.63, 3.8) is 0 Å². The molecule has 1 heterocycles. The van der Waals surface area contributed by atoms with Crippen LogP contribution in [0.25, 0.3) is 0 Å². The molecule has 0 aromatic heterocycles. The van der Waals surface area contributed by atoms with Crippen molar-refractivity contribution in [2.75, 3.05) is 33.4 Å². The fourth-order valence-corrected chi connectivity index (χ4v) is 2.61. The number of amides is 1. The highest BCUT2D eigenvalue weighted by molar-refractivity contribution is 5.77. The number of likely N-dealkylation sites (N-methyl/N-ethyl adjacent to an activating group) is 1. The molecule has 0 unspecified atom stereocenters. The molecule has 0 fully saturated rings. The van der Waals surface area contributed by atoms with Crippen LogP contribution in [0.4, 0.5) is 0 Å². The number of rotatable bonds is 7. The maximum Gasteiger partial charge on any atom is 0.260 e. The Labute approximate surface area is 153 Å². The number of ether oxygens (including phenoxy) is 4. The zero-order valence-corrected chi connectivity index (χ0v) is 15.0. The number of benzene rings is 2. The molecule has 6 heteroatoms. The topological polar surface area (TPSA) is 57.2 Å². The molecule has 0 aliphatic carbocycles. The Balaban J connectivity index is 1.46. The lowest BCUT2D eigenvalue weighted by Gasteiger charge is -2.29. The van der Waals surface area contributed by atoms with E-state index < -0.39 is 0 Å². The maximum atomic E-state index is 12.3. The smallest absolute Gasteiger partial charge is 0.260 e. The quantitative estimate of drug-likeness (QED) is 0.763. The van der Waals surface area contributed by atoms with Gasteiger partial charge in [0.2, 0.25) is 0 Å². The number of carbonyl (C=O) groups is 1. The van der Waals surface area contributed by atoms with E-state index >= 15 is 0 Å². The number of carbonyl (C=O) groups excluding carboxylic acids is 1. The van der Waals surface area contributed by atoms with E-state index in [0.29, 0.717) is 31.3 Å². The van der Waals surface area contributed by atoms with Crippen LogP contribution in [0, 0.1) is 0 Å². The van der Waals surface area contributed by atoms with Crippen LogP contribution in [0.3, 0.4) is 0 Å². The van der Waals surface area contributed by atoms with Gasteiger partial charge in [0.1, 0.15) is 18.1 Å². The van der Waals surface area contributed by atoms with E-state index in [-0.39, 0.29) is 18.6 Å². The fraction of sp³-hybridized carbons (Fsp3) is 0.350. The van der Waals surface area contributed by atoms with Crippen LogP contribution in [-0.4, -0.2) is 50.3 Å². The van der Waals surface area contributed by atoms with Crippen molar-refractivity contribution in [2.24, 2.45) is 0 Å². The second-order valence-corrected chi connectivity index (χ2v) is 5.96. The third-order valence-electron chi connectivity index (χ3n) is 3.97. The molecule has 0 spiro atoms. The van der Waals surface area contributed by atoms with Crippen molar-refractivity contribution >= 4 is 5.91 Å². The minimum Gasteiger partial charge on any atom is -0.494 e. The van der Waals surface area contributed by atoms with E-state index in [1.54, 1.807) is 24.1 Å². The van der Waals surface area contributed by atoms with Crippen molar-refractivity contribution in [3.8, 4) is 23.0 Å². The van der Waals surface area contributed by atoms with Crippen molar-refractivity contribution < 1.29 is 23.7 Å². The number of nitrogens with zero attached hydrogens (tertiary/aromatic N) is 1. The van der Waals surface area contributed by atoms with Crippen molar-refractivity contribution in [3.05, 3.63) is 48.5 Å². The Morgan fingerprint density at radius 3 is 2.42 bits per heavy atom. The third-order valence-corrected chi connectivity index (χ3v) is 3.97. The predicted octanol–water partition coefficient (Wildman–Crippen LogP) is 2.76. The van der Waals surface area contributed by atoms with Gasteiger partial charge >= 0.3 is 0 Å². The summed E-state index contributed by atoms with van der Waals surface area (Å²) in [6, 6.07) is 14.7. The largest absolute Gasteiger partial charge is 0.494 e. The van der Waals surface area contributed by atoms with Gasteiger partial charge in [-0.05, 0) is 43.3 Å². The zero-order chi connectivity index (χ0) is 18.4. The summed E-state index contributed by atoms with van der Waals surface area (Å²) in [4.78, 5) is 13.9.